The van der Waals surface area contributed by atoms with Gasteiger partial charge in [-0.3, -0.25) is 0 Å². The van der Waals surface area contributed by atoms with Crippen LogP contribution in [0.1, 0.15) is 18.1 Å². The lowest BCUT2D eigenvalue weighted by Gasteiger charge is -2.46. The summed E-state index contributed by atoms with van der Waals surface area (Å²) in [7, 11) is 0. The van der Waals surface area contributed by atoms with Gasteiger partial charge in [0.05, 0.1) is 19.3 Å². The number of phenolic OH excluding ortho intramolecular Hbond substituents is 3. The van der Waals surface area contributed by atoms with E-state index in [-0.39, 0.29) is 18.1 Å². The Morgan fingerprint density at radius 3 is 2.26 bits per heavy atom. The number of carbonyl (C=O) groups is 1. The average molecular weight is 609 g/mol. The molecule has 0 spiro atoms. The molecule has 0 aliphatic carbocycles. The van der Waals surface area contributed by atoms with E-state index in [1.54, 1.807) is 12.1 Å². The molecule has 2 aromatic carbocycles. The van der Waals surface area contributed by atoms with Gasteiger partial charge in [-0.1, -0.05) is 18.2 Å². The molecule has 14 heteroatoms. The molecule has 14 nitrogen and oxygen atoms in total. The molecule has 0 bridgehead atoms. The van der Waals surface area contributed by atoms with Crippen LogP contribution in [0, 0.1) is 0 Å². The van der Waals surface area contributed by atoms with Crippen LogP contribution in [0.15, 0.2) is 48.5 Å². The molecule has 0 amide bonds. The summed E-state index contributed by atoms with van der Waals surface area (Å²) in [6.07, 6.45) is -12.1. The third kappa shape index (κ3) is 8.00. The highest BCUT2D eigenvalue weighted by atomic mass is 16.7. The second-order valence-electron chi connectivity index (χ2n) is 10.3. The van der Waals surface area contributed by atoms with Crippen molar-refractivity contribution < 1.29 is 69.3 Å². The number of aliphatic hydroxyl groups is 5. The predicted octanol–water partition coefficient (Wildman–Crippen LogP) is -0.722. The van der Waals surface area contributed by atoms with Gasteiger partial charge in [-0.2, -0.15) is 0 Å². The maximum atomic E-state index is 12.8. The number of hydrogen-bond donors (Lipinski definition) is 8. The van der Waals surface area contributed by atoms with Crippen molar-refractivity contribution in [1.82, 2.24) is 0 Å². The molecule has 0 saturated carbocycles. The summed E-state index contributed by atoms with van der Waals surface area (Å²) < 4.78 is 28.3. The topological polar surface area (TPSA) is 225 Å². The van der Waals surface area contributed by atoms with Gasteiger partial charge in [0, 0.05) is 6.08 Å². The number of esters is 1. The zero-order chi connectivity index (χ0) is 31.3. The van der Waals surface area contributed by atoms with Crippen molar-refractivity contribution in [2.75, 3.05) is 13.2 Å². The van der Waals surface area contributed by atoms with Crippen molar-refractivity contribution in [2.45, 2.75) is 74.8 Å². The molecular weight excluding hydrogens is 572 g/mol. The van der Waals surface area contributed by atoms with Crippen molar-refractivity contribution in [3.63, 3.8) is 0 Å². The molecule has 43 heavy (non-hydrogen) atoms. The third-order valence-electron chi connectivity index (χ3n) is 7.17. The van der Waals surface area contributed by atoms with Crippen LogP contribution in [0.3, 0.4) is 0 Å². The molecule has 0 aromatic heterocycles. The maximum Gasteiger partial charge on any atom is 0.331 e. The first-order chi connectivity index (χ1) is 20.5. The Morgan fingerprint density at radius 2 is 1.58 bits per heavy atom. The highest BCUT2D eigenvalue weighted by Gasteiger charge is 2.52. The van der Waals surface area contributed by atoms with Gasteiger partial charge in [-0.25, -0.2) is 4.79 Å². The number of ether oxygens (including phenoxy) is 5. The zero-order valence-electron chi connectivity index (χ0n) is 23.1. The van der Waals surface area contributed by atoms with Crippen LogP contribution in [0.4, 0.5) is 0 Å². The Labute approximate surface area is 246 Å². The second kappa shape index (κ2) is 14.4. The number of carbonyl (C=O) groups excluding carboxylic acids is 1. The molecule has 2 saturated heterocycles. The summed E-state index contributed by atoms with van der Waals surface area (Å²) in [5, 5.41) is 80.7. The lowest BCUT2D eigenvalue weighted by molar-refractivity contribution is -0.357. The first-order valence-corrected chi connectivity index (χ1v) is 13.6. The minimum atomic E-state index is -1.75. The largest absolute Gasteiger partial charge is 0.508 e. The summed E-state index contributed by atoms with van der Waals surface area (Å²) in [5.74, 6) is -1.62. The van der Waals surface area contributed by atoms with E-state index in [2.05, 4.69) is 0 Å². The van der Waals surface area contributed by atoms with E-state index >= 15 is 0 Å². The van der Waals surface area contributed by atoms with E-state index in [0.717, 1.165) is 11.6 Å². The Balaban J connectivity index is 1.52. The van der Waals surface area contributed by atoms with Crippen molar-refractivity contribution in [3.8, 4) is 17.2 Å². The fraction of sp³-hybridized carbons (Fsp3) is 0.483. The van der Waals surface area contributed by atoms with Crippen LogP contribution < -0.4 is 0 Å². The summed E-state index contributed by atoms with van der Waals surface area (Å²) in [6.45, 7) is 0.768. The zero-order valence-corrected chi connectivity index (χ0v) is 23.1. The minimum absolute atomic E-state index is 0.0362. The molecule has 2 aliphatic heterocycles. The Hall–Kier alpha value is -3.31. The van der Waals surface area contributed by atoms with Gasteiger partial charge in [-0.15, -0.1) is 0 Å². The molecule has 10 atom stereocenters. The lowest BCUT2D eigenvalue weighted by atomic mass is 9.97. The van der Waals surface area contributed by atoms with Crippen LogP contribution in [0.2, 0.25) is 0 Å². The maximum absolute atomic E-state index is 12.8. The summed E-state index contributed by atoms with van der Waals surface area (Å²) in [4.78, 5) is 12.8. The van der Waals surface area contributed by atoms with Crippen LogP contribution in [-0.2, 0) is 34.9 Å². The number of rotatable bonds is 10. The molecule has 0 unspecified atom stereocenters. The van der Waals surface area contributed by atoms with Gasteiger partial charge >= 0.3 is 5.97 Å². The number of benzene rings is 2. The number of hydrogen-bond acceptors (Lipinski definition) is 14. The molecule has 2 aliphatic rings. The number of aliphatic hydroxyl groups excluding tert-OH is 5. The van der Waals surface area contributed by atoms with Crippen molar-refractivity contribution in [1.29, 1.82) is 0 Å². The average Bonchev–Trinajstić information content (AvgIpc) is 2.99. The molecular formula is C29H36O14. The highest BCUT2D eigenvalue weighted by Crippen LogP contribution is 2.31. The fourth-order valence-electron chi connectivity index (χ4n) is 4.69. The SMILES string of the molecule is C[C@H]1O[C@H](O[C@@H]2[C@@H](O)[C@H](OCCc3ccc(O)cc3)O[C@H](CO)[C@H]2OC(=O)/C=C/c2ccc(O)c(O)c2)[C@@H](O)[C@@H](O)[C@@H]1O. The monoisotopic (exact) mass is 608 g/mol. The minimum Gasteiger partial charge on any atom is -0.508 e. The lowest BCUT2D eigenvalue weighted by Crippen LogP contribution is -2.65. The molecule has 2 fully saturated rings. The van der Waals surface area contributed by atoms with E-state index in [0.29, 0.717) is 12.0 Å². The van der Waals surface area contributed by atoms with Crippen molar-refractivity contribution in [3.05, 3.63) is 59.7 Å². The number of phenols is 3. The molecule has 8 N–H and O–H groups in total. The van der Waals surface area contributed by atoms with E-state index in [1.807, 2.05) is 0 Å². The van der Waals surface area contributed by atoms with Crippen molar-refractivity contribution >= 4 is 12.0 Å². The molecule has 2 heterocycles. The Bertz CT molecular complexity index is 1240. The van der Waals surface area contributed by atoms with Crippen molar-refractivity contribution in [2.24, 2.45) is 0 Å². The molecule has 2 aromatic rings. The number of aromatic hydroxyl groups is 3. The van der Waals surface area contributed by atoms with E-state index in [4.69, 9.17) is 23.7 Å². The normalized spacial score (nSPS) is 33.0. The van der Waals surface area contributed by atoms with Gasteiger partial charge in [0.2, 0.25) is 0 Å². The van der Waals surface area contributed by atoms with E-state index in [1.165, 1.54) is 43.3 Å². The predicted molar refractivity (Wildman–Crippen MR) is 145 cm³/mol. The molecule has 236 valence electrons. The van der Waals surface area contributed by atoms with Gasteiger partial charge in [0.1, 0.15) is 42.4 Å². The smallest absolute Gasteiger partial charge is 0.331 e. The standard InChI is InChI=1S/C29H36O14/c1-14-22(35)23(36)24(37)29(40-14)43-27-25(38)28(39-11-10-15-2-6-17(31)7-3-15)41-20(13-30)26(27)42-21(34)9-5-16-4-8-18(32)19(33)12-16/h2-9,12,14,20,22-33,35-38H,10-11,13H2,1H3/b9-5+/t14-,20-,22-,23+,24+,25-,26-,27-,28-,29-/m1/s1. The van der Waals surface area contributed by atoms with E-state index in [9.17, 15) is 45.6 Å². The summed E-state index contributed by atoms with van der Waals surface area (Å²) in [6, 6.07) is 10.2. The molecule has 4 rings (SSSR count). The van der Waals surface area contributed by atoms with Gasteiger partial charge in [-0.05, 0) is 54.8 Å². The molecule has 0 radical (unpaired) electrons. The van der Waals surface area contributed by atoms with Gasteiger partial charge < -0.3 is 64.5 Å². The first kappa shape index (κ1) is 32.6. The van der Waals surface area contributed by atoms with Crippen LogP contribution in [0.5, 0.6) is 17.2 Å². The summed E-state index contributed by atoms with van der Waals surface area (Å²) in [5.41, 5.74) is 1.16. The van der Waals surface area contributed by atoms with Crippen LogP contribution in [-0.4, -0.2) is 121 Å². The Kier molecular flexibility index (Phi) is 10.9. The van der Waals surface area contributed by atoms with Gasteiger partial charge in [0.25, 0.3) is 0 Å². The summed E-state index contributed by atoms with van der Waals surface area (Å²) >= 11 is 0. The fourth-order valence-corrected chi connectivity index (χ4v) is 4.69. The van der Waals surface area contributed by atoms with E-state index < -0.39 is 79.7 Å². The van der Waals surface area contributed by atoms with Crippen LogP contribution >= 0.6 is 0 Å². The van der Waals surface area contributed by atoms with Crippen LogP contribution in [0.25, 0.3) is 6.08 Å². The third-order valence-corrected chi connectivity index (χ3v) is 7.17. The Morgan fingerprint density at radius 1 is 0.860 bits per heavy atom. The second-order valence-corrected chi connectivity index (χ2v) is 10.3. The quantitative estimate of drug-likeness (QED) is 0.0947. The van der Waals surface area contributed by atoms with Gasteiger partial charge in [0.15, 0.2) is 30.2 Å². The highest BCUT2D eigenvalue weighted by molar-refractivity contribution is 5.87. The first-order valence-electron chi connectivity index (χ1n) is 13.6.